The zero-order chi connectivity index (χ0) is 23.1. The van der Waals surface area contributed by atoms with Crippen molar-refractivity contribution in [3.63, 3.8) is 0 Å². The van der Waals surface area contributed by atoms with Crippen LogP contribution in [0.1, 0.15) is 34.7 Å². The summed E-state index contributed by atoms with van der Waals surface area (Å²) in [5, 5.41) is 5.04. The Balaban J connectivity index is 1.63. The first kappa shape index (κ1) is 22.0. The van der Waals surface area contributed by atoms with Crippen LogP contribution in [0, 0.1) is 13.8 Å². The molecule has 33 heavy (non-hydrogen) atoms. The van der Waals surface area contributed by atoms with Crippen LogP contribution < -0.4 is 10.2 Å². The Morgan fingerprint density at radius 1 is 0.970 bits per heavy atom. The van der Waals surface area contributed by atoms with E-state index in [1.165, 1.54) is 11.1 Å². The Kier molecular flexibility index (Phi) is 5.87. The molecule has 2 atom stereocenters. The molecule has 166 valence electrons. The number of nitrogens with zero attached hydrogens (tertiary/aromatic N) is 2. The molecule has 2 aromatic carbocycles. The van der Waals surface area contributed by atoms with Crippen LogP contribution in [0.5, 0.6) is 0 Å². The smallest absolute Gasteiger partial charge is 0.174 e. The second-order valence-corrected chi connectivity index (χ2v) is 9.32. The highest BCUT2D eigenvalue weighted by atomic mass is 35.5. The van der Waals surface area contributed by atoms with Gasteiger partial charge in [0.05, 0.1) is 21.8 Å². The number of benzene rings is 2. The van der Waals surface area contributed by atoms with Gasteiger partial charge in [-0.05, 0) is 85.7 Å². The van der Waals surface area contributed by atoms with Gasteiger partial charge in [0.2, 0.25) is 0 Å². The topological polar surface area (TPSA) is 41.3 Å². The molecule has 0 amide bonds. The first-order valence-corrected chi connectivity index (χ1v) is 11.7. The third-order valence-electron chi connectivity index (χ3n) is 5.72. The normalized spacial score (nSPS) is 17.9. The highest BCUT2D eigenvalue weighted by Gasteiger charge is 2.42. The number of rotatable bonds is 4. The van der Waals surface area contributed by atoms with Gasteiger partial charge in [0, 0.05) is 17.4 Å². The molecular weight excluding hydrogens is 473 g/mol. The molecule has 7 heteroatoms. The van der Waals surface area contributed by atoms with Crippen molar-refractivity contribution in [1.29, 1.82) is 0 Å². The van der Waals surface area contributed by atoms with Crippen LogP contribution in [0.15, 0.2) is 77.3 Å². The van der Waals surface area contributed by atoms with Crippen LogP contribution >= 0.6 is 35.4 Å². The van der Waals surface area contributed by atoms with Gasteiger partial charge in [-0.3, -0.25) is 4.98 Å². The summed E-state index contributed by atoms with van der Waals surface area (Å²) in [5.41, 5.74) is 4.97. The van der Waals surface area contributed by atoms with Crippen molar-refractivity contribution >= 4 is 46.2 Å². The maximum atomic E-state index is 6.46. The van der Waals surface area contributed by atoms with Crippen LogP contribution in [0.3, 0.4) is 0 Å². The minimum absolute atomic E-state index is 0.187. The number of thiocarbonyl (C=S) groups is 1. The summed E-state index contributed by atoms with van der Waals surface area (Å²) in [4.78, 5) is 6.70. The van der Waals surface area contributed by atoms with Crippen molar-refractivity contribution in [3.05, 3.63) is 106 Å². The molecule has 2 aromatic heterocycles. The number of nitrogens with one attached hydrogen (secondary N) is 1. The molecule has 0 aliphatic carbocycles. The predicted molar refractivity (Wildman–Crippen MR) is 138 cm³/mol. The Labute approximate surface area is 208 Å². The highest BCUT2D eigenvalue weighted by molar-refractivity contribution is 7.80. The first-order chi connectivity index (χ1) is 15.9. The number of pyridine rings is 1. The SMILES string of the molecule is Cc1cc(C)cc(N2C(=S)NC(c3ccccn3)C2c2ccc(-c3cccc(Cl)c3Cl)o2)c1. The summed E-state index contributed by atoms with van der Waals surface area (Å²) in [6.07, 6.45) is 1.79. The van der Waals surface area contributed by atoms with E-state index in [1.54, 1.807) is 12.3 Å². The minimum atomic E-state index is -0.236. The molecular formula is C26H21Cl2N3OS. The molecule has 1 N–H and O–H groups in total. The summed E-state index contributed by atoms with van der Waals surface area (Å²) < 4.78 is 6.39. The maximum Gasteiger partial charge on any atom is 0.174 e. The maximum absolute atomic E-state index is 6.46. The molecule has 1 saturated heterocycles. The molecule has 4 nitrogen and oxygen atoms in total. The van der Waals surface area contributed by atoms with E-state index in [4.69, 9.17) is 39.8 Å². The van der Waals surface area contributed by atoms with Crippen LogP contribution in [0.2, 0.25) is 10.0 Å². The number of furan rings is 1. The van der Waals surface area contributed by atoms with E-state index in [0.717, 1.165) is 22.7 Å². The van der Waals surface area contributed by atoms with Crippen LogP contribution in [-0.2, 0) is 0 Å². The zero-order valence-corrected chi connectivity index (χ0v) is 20.4. The van der Waals surface area contributed by atoms with E-state index < -0.39 is 0 Å². The average molecular weight is 494 g/mol. The lowest BCUT2D eigenvalue weighted by Gasteiger charge is -2.26. The average Bonchev–Trinajstić information content (AvgIpc) is 3.40. The van der Waals surface area contributed by atoms with Crippen molar-refractivity contribution in [3.8, 4) is 11.3 Å². The molecule has 2 unspecified atom stereocenters. The van der Waals surface area contributed by atoms with E-state index in [2.05, 4.69) is 47.2 Å². The van der Waals surface area contributed by atoms with Crippen LogP contribution in [0.25, 0.3) is 11.3 Å². The van der Waals surface area contributed by atoms with Crippen molar-refractivity contribution in [2.24, 2.45) is 0 Å². The number of hydrogen-bond acceptors (Lipinski definition) is 3. The molecule has 1 aliphatic heterocycles. The monoisotopic (exact) mass is 493 g/mol. The molecule has 4 aromatic rings. The molecule has 0 bridgehead atoms. The fraction of sp³-hybridized carbons (Fsp3) is 0.154. The number of aromatic nitrogens is 1. The Hall–Kier alpha value is -2.86. The Morgan fingerprint density at radius 2 is 1.76 bits per heavy atom. The lowest BCUT2D eigenvalue weighted by Crippen LogP contribution is -2.29. The number of anilines is 1. The van der Waals surface area contributed by atoms with E-state index >= 15 is 0 Å². The van der Waals surface area contributed by atoms with E-state index in [9.17, 15) is 0 Å². The minimum Gasteiger partial charge on any atom is -0.459 e. The number of hydrogen-bond donors (Lipinski definition) is 1. The quantitative estimate of drug-likeness (QED) is 0.299. The Bertz CT molecular complexity index is 1320. The summed E-state index contributed by atoms with van der Waals surface area (Å²) in [6.45, 7) is 4.17. The van der Waals surface area contributed by atoms with Crippen molar-refractivity contribution in [1.82, 2.24) is 10.3 Å². The second-order valence-electron chi connectivity index (χ2n) is 8.15. The largest absolute Gasteiger partial charge is 0.459 e. The summed E-state index contributed by atoms with van der Waals surface area (Å²) in [6, 6.07) is 21.3. The standard InChI is InChI=1S/C26H21Cl2N3OS/c1-15-12-16(2)14-17(13-15)31-25(24(30-26(31)33)20-8-3-4-11-29-20)22-10-9-21(32-22)18-6-5-7-19(27)23(18)28/h3-14,24-25H,1-2H3,(H,30,33). The van der Waals surface area contributed by atoms with Gasteiger partial charge in [-0.25, -0.2) is 0 Å². The third-order valence-corrected chi connectivity index (χ3v) is 6.85. The van der Waals surface area contributed by atoms with Gasteiger partial charge in [-0.2, -0.15) is 0 Å². The molecule has 1 aliphatic rings. The van der Waals surface area contributed by atoms with E-state index in [1.807, 2.05) is 42.5 Å². The molecule has 5 rings (SSSR count). The van der Waals surface area contributed by atoms with Crippen LogP contribution in [-0.4, -0.2) is 10.1 Å². The third kappa shape index (κ3) is 4.12. The summed E-state index contributed by atoms with van der Waals surface area (Å²) >= 11 is 18.5. The fourth-order valence-corrected chi connectivity index (χ4v) is 5.10. The highest BCUT2D eigenvalue weighted by Crippen LogP contribution is 2.44. The van der Waals surface area contributed by atoms with Gasteiger partial charge in [-0.1, -0.05) is 41.4 Å². The van der Waals surface area contributed by atoms with Gasteiger partial charge >= 0.3 is 0 Å². The van der Waals surface area contributed by atoms with Gasteiger partial charge < -0.3 is 14.6 Å². The van der Waals surface area contributed by atoms with Crippen molar-refractivity contribution in [2.75, 3.05) is 4.90 Å². The lowest BCUT2D eigenvalue weighted by atomic mass is 10.0. The van der Waals surface area contributed by atoms with Gasteiger partial charge in [0.25, 0.3) is 0 Å². The number of halogens is 2. The molecule has 0 radical (unpaired) electrons. The van der Waals surface area contributed by atoms with Crippen LogP contribution in [0.4, 0.5) is 5.69 Å². The molecule has 1 fully saturated rings. The molecule has 0 spiro atoms. The summed E-state index contributed by atoms with van der Waals surface area (Å²) in [5.74, 6) is 1.40. The molecule has 0 saturated carbocycles. The Morgan fingerprint density at radius 3 is 2.48 bits per heavy atom. The lowest BCUT2D eigenvalue weighted by molar-refractivity contribution is 0.439. The predicted octanol–water partition coefficient (Wildman–Crippen LogP) is 7.44. The van der Waals surface area contributed by atoms with Gasteiger partial charge in [0.1, 0.15) is 17.6 Å². The second kappa shape index (κ2) is 8.82. The fourth-order valence-electron chi connectivity index (χ4n) is 4.36. The summed E-state index contributed by atoms with van der Waals surface area (Å²) in [7, 11) is 0. The zero-order valence-electron chi connectivity index (χ0n) is 18.0. The first-order valence-electron chi connectivity index (χ1n) is 10.6. The van der Waals surface area contributed by atoms with Gasteiger partial charge in [-0.15, -0.1) is 0 Å². The van der Waals surface area contributed by atoms with Crippen molar-refractivity contribution < 1.29 is 4.42 Å². The number of aryl methyl sites for hydroxylation is 2. The van der Waals surface area contributed by atoms with E-state index in [-0.39, 0.29) is 12.1 Å². The van der Waals surface area contributed by atoms with Gasteiger partial charge in [0.15, 0.2) is 5.11 Å². The molecule has 3 heterocycles. The van der Waals surface area contributed by atoms with Crippen molar-refractivity contribution in [2.45, 2.75) is 25.9 Å². The van der Waals surface area contributed by atoms with E-state index in [0.29, 0.717) is 20.9 Å².